The molecule has 0 amide bonds. The highest BCUT2D eigenvalue weighted by Crippen LogP contribution is 2.35. The van der Waals surface area contributed by atoms with Crippen molar-refractivity contribution in [3.63, 3.8) is 0 Å². The third-order valence-electron chi connectivity index (χ3n) is 4.32. The molecule has 118 valence electrons. The van der Waals surface area contributed by atoms with Gasteiger partial charge in [0.25, 0.3) is 0 Å². The first-order valence-electron chi connectivity index (χ1n) is 7.93. The van der Waals surface area contributed by atoms with E-state index < -0.39 is 0 Å². The molecule has 0 unspecified atom stereocenters. The lowest BCUT2D eigenvalue weighted by atomic mass is 9.91. The Balaban J connectivity index is 2.44. The molecule has 2 aromatic carbocycles. The highest BCUT2D eigenvalue weighted by Gasteiger charge is 2.13. The fourth-order valence-corrected chi connectivity index (χ4v) is 3.51. The lowest BCUT2D eigenvalue weighted by Gasteiger charge is -2.16. The monoisotopic (exact) mass is 360 g/mol. The molecule has 1 N–H and O–H groups in total. The molecule has 0 bridgehead atoms. The molecule has 0 fully saturated rings. The summed E-state index contributed by atoms with van der Waals surface area (Å²) < 4.78 is 0.786. The first-order valence-corrected chi connectivity index (χ1v) is 8.73. The normalized spacial score (nSPS) is 11.2. The number of halogens is 1. The summed E-state index contributed by atoms with van der Waals surface area (Å²) in [5.74, 6) is 0.675. The van der Waals surface area contributed by atoms with Gasteiger partial charge in [-0.1, -0.05) is 39.0 Å². The molecule has 0 atom stereocenters. The van der Waals surface area contributed by atoms with Gasteiger partial charge >= 0.3 is 0 Å². The molecule has 1 nitrogen and oxygen atoms in total. The molecule has 22 heavy (non-hydrogen) atoms. The van der Waals surface area contributed by atoms with E-state index in [2.05, 4.69) is 68.7 Å². The molecule has 0 aromatic heterocycles. The van der Waals surface area contributed by atoms with Crippen LogP contribution in [-0.4, -0.2) is 5.11 Å². The van der Waals surface area contributed by atoms with Crippen LogP contribution in [0.5, 0.6) is 5.75 Å². The van der Waals surface area contributed by atoms with Gasteiger partial charge in [-0.05, 0) is 88.0 Å². The zero-order chi connectivity index (χ0) is 16.4. The van der Waals surface area contributed by atoms with Crippen molar-refractivity contribution in [2.75, 3.05) is 0 Å². The average molecular weight is 361 g/mol. The summed E-state index contributed by atoms with van der Waals surface area (Å²) in [5.41, 5.74) is 7.74. The van der Waals surface area contributed by atoms with Gasteiger partial charge in [0.15, 0.2) is 0 Å². The van der Waals surface area contributed by atoms with Gasteiger partial charge in [0.2, 0.25) is 0 Å². The Morgan fingerprint density at radius 2 is 1.59 bits per heavy atom. The van der Waals surface area contributed by atoms with E-state index in [0.29, 0.717) is 11.7 Å². The minimum atomic E-state index is 0.306. The van der Waals surface area contributed by atoms with Crippen molar-refractivity contribution in [3.8, 4) is 5.75 Å². The zero-order valence-electron chi connectivity index (χ0n) is 14.1. The average Bonchev–Trinajstić information content (AvgIpc) is 2.45. The summed E-state index contributed by atoms with van der Waals surface area (Å²) in [6, 6.07) is 8.76. The largest absolute Gasteiger partial charge is 0.506 e. The number of aromatic hydroxyl groups is 1. The maximum atomic E-state index is 10.2. The van der Waals surface area contributed by atoms with Gasteiger partial charge < -0.3 is 5.11 Å². The number of benzene rings is 2. The predicted octanol–water partition coefficient (Wildman–Crippen LogP) is 6.05. The van der Waals surface area contributed by atoms with Crippen LogP contribution in [0.15, 0.2) is 28.7 Å². The van der Waals surface area contributed by atoms with Crippen LogP contribution >= 0.6 is 15.9 Å². The second-order valence-corrected chi connectivity index (χ2v) is 7.26. The van der Waals surface area contributed by atoms with Gasteiger partial charge in [-0.3, -0.25) is 0 Å². The van der Waals surface area contributed by atoms with Crippen molar-refractivity contribution in [2.24, 2.45) is 0 Å². The molecule has 0 spiro atoms. The predicted molar refractivity (Wildman–Crippen MR) is 98.0 cm³/mol. The molecule has 0 radical (unpaired) electrons. The van der Waals surface area contributed by atoms with Crippen LogP contribution in [0.4, 0.5) is 0 Å². The van der Waals surface area contributed by atoms with Crippen LogP contribution in [0.2, 0.25) is 0 Å². The quantitative estimate of drug-likeness (QED) is 0.703. The van der Waals surface area contributed by atoms with Gasteiger partial charge in [-0.25, -0.2) is 0 Å². The van der Waals surface area contributed by atoms with Crippen LogP contribution in [0.25, 0.3) is 0 Å². The van der Waals surface area contributed by atoms with Crippen molar-refractivity contribution in [1.29, 1.82) is 0 Å². The molecule has 0 saturated carbocycles. The summed E-state index contributed by atoms with van der Waals surface area (Å²) in [6.45, 7) is 10.8. The van der Waals surface area contributed by atoms with Gasteiger partial charge in [0, 0.05) is 0 Å². The number of aryl methyl sites for hydroxylation is 3. The van der Waals surface area contributed by atoms with E-state index in [-0.39, 0.29) is 0 Å². The number of rotatable bonds is 4. The molecular weight excluding hydrogens is 336 g/mol. The van der Waals surface area contributed by atoms with Crippen molar-refractivity contribution in [2.45, 2.75) is 53.4 Å². The summed E-state index contributed by atoms with van der Waals surface area (Å²) in [5, 5.41) is 10.2. The summed E-state index contributed by atoms with van der Waals surface area (Å²) in [6.07, 6.45) is 1.98. The smallest absolute Gasteiger partial charge is 0.133 e. The highest BCUT2D eigenvalue weighted by atomic mass is 79.9. The van der Waals surface area contributed by atoms with Crippen LogP contribution < -0.4 is 0 Å². The van der Waals surface area contributed by atoms with E-state index in [0.717, 1.165) is 22.9 Å². The molecule has 0 aliphatic heterocycles. The third kappa shape index (κ3) is 3.55. The molecule has 0 aliphatic rings. The third-order valence-corrected chi connectivity index (χ3v) is 4.92. The van der Waals surface area contributed by atoms with E-state index in [1.807, 2.05) is 6.07 Å². The minimum absolute atomic E-state index is 0.306. The van der Waals surface area contributed by atoms with Crippen molar-refractivity contribution in [1.82, 2.24) is 0 Å². The second-order valence-electron chi connectivity index (χ2n) is 6.41. The van der Waals surface area contributed by atoms with Crippen molar-refractivity contribution < 1.29 is 5.11 Å². The van der Waals surface area contributed by atoms with Gasteiger partial charge in [-0.2, -0.15) is 0 Å². The SMILES string of the molecule is CCc1cc(C)c(Cc2cc(Br)c(O)c(C(C)C)c2)c(C)c1. The molecule has 0 saturated heterocycles. The number of phenols is 1. The van der Waals surface area contributed by atoms with E-state index in [1.165, 1.54) is 27.8 Å². The van der Waals surface area contributed by atoms with Crippen molar-refractivity contribution >= 4 is 15.9 Å². The van der Waals surface area contributed by atoms with E-state index in [1.54, 1.807) is 0 Å². The topological polar surface area (TPSA) is 20.2 Å². The first kappa shape index (κ1) is 17.1. The van der Waals surface area contributed by atoms with Crippen LogP contribution in [-0.2, 0) is 12.8 Å². The maximum absolute atomic E-state index is 10.2. The summed E-state index contributed by atoms with van der Waals surface area (Å²) in [7, 11) is 0. The number of hydrogen-bond acceptors (Lipinski definition) is 1. The van der Waals surface area contributed by atoms with Crippen LogP contribution in [0.3, 0.4) is 0 Å². The number of hydrogen-bond donors (Lipinski definition) is 1. The zero-order valence-corrected chi connectivity index (χ0v) is 15.7. The minimum Gasteiger partial charge on any atom is -0.506 e. The highest BCUT2D eigenvalue weighted by molar-refractivity contribution is 9.10. The Kier molecular flexibility index (Phi) is 5.33. The first-order chi connectivity index (χ1) is 10.3. The molecule has 2 aromatic rings. The molecule has 2 heteroatoms. The lowest BCUT2D eigenvalue weighted by Crippen LogP contribution is -2.00. The Hall–Kier alpha value is -1.28. The van der Waals surface area contributed by atoms with Gasteiger partial charge in [0.05, 0.1) is 4.47 Å². The summed E-state index contributed by atoms with van der Waals surface area (Å²) in [4.78, 5) is 0. The Morgan fingerprint density at radius 3 is 2.09 bits per heavy atom. The fraction of sp³-hybridized carbons (Fsp3) is 0.400. The van der Waals surface area contributed by atoms with E-state index >= 15 is 0 Å². The van der Waals surface area contributed by atoms with E-state index in [9.17, 15) is 5.11 Å². The standard InChI is InChI=1S/C20H25BrO/c1-6-15-7-13(4)18(14(5)8-15)10-16-9-17(12(2)3)20(22)19(21)11-16/h7-9,11-12,22H,6,10H2,1-5H3. The molecule has 0 aliphatic carbocycles. The lowest BCUT2D eigenvalue weighted by molar-refractivity contribution is 0.461. The molecule has 2 rings (SSSR count). The Bertz CT molecular complexity index is 663. The summed E-state index contributed by atoms with van der Waals surface area (Å²) >= 11 is 3.49. The maximum Gasteiger partial charge on any atom is 0.133 e. The number of phenolic OH excluding ortho intramolecular Hbond substituents is 1. The Morgan fingerprint density at radius 1 is 1.00 bits per heavy atom. The molecule has 0 heterocycles. The fourth-order valence-electron chi connectivity index (χ4n) is 2.99. The van der Waals surface area contributed by atoms with Crippen molar-refractivity contribution in [3.05, 3.63) is 62.1 Å². The van der Waals surface area contributed by atoms with Crippen LogP contribution in [0, 0.1) is 13.8 Å². The van der Waals surface area contributed by atoms with E-state index in [4.69, 9.17) is 0 Å². The van der Waals surface area contributed by atoms with Gasteiger partial charge in [-0.15, -0.1) is 0 Å². The van der Waals surface area contributed by atoms with Crippen LogP contribution in [0.1, 0.15) is 60.1 Å². The Labute approximate surface area is 142 Å². The van der Waals surface area contributed by atoms with Gasteiger partial charge in [0.1, 0.15) is 5.75 Å². The molecular formula is C20H25BrO. The second kappa shape index (κ2) is 6.87.